The fraction of sp³-hybridized carbons (Fsp3) is 0.120. The molecule has 3 rings (SSSR count). The molecule has 0 aromatic heterocycles. The molecule has 3 aromatic rings. The highest BCUT2D eigenvalue weighted by Gasteiger charge is 2.27. The van der Waals surface area contributed by atoms with E-state index in [9.17, 15) is 9.59 Å². The third kappa shape index (κ3) is 4.89. The van der Waals surface area contributed by atoms with Crippen LogP contribution < -0.4 is 0 Å². The van der Waals surface area contributed by atoms with Crippen molar-refractivity contribution in [2.45, 2.75) is 13.3 Å². The monoisotopic (exact) mass is 354 g/mol. The standard InChI is InChI=1S/C25H22O2/c1-19-15-17-22(18-16-19)25(27)23(24(26)21-12-6-3-7-13-21)14-8-11-20-9-4-2-5-10-20/h2-13,15-18,23H,14H2,1H3. The summed E-state index contributed by atoms with van der Waals surface area (Å²) < 4.78 is 0. The Bertz CT molecular complexity index is 923. The van der Waals surface area contributed by atoms with Crippen LogP contribution >= 0.6 is 0 Å². The van der Waals surface area contributed by atoms with Gasteiger partial charge in [0.1, 0.15) is 0 Å². The van der Waals surface area contributed by atoms with Gasteiger partial charge in [-0.2, -0.15) is 0 Å². The molecule has 1 atom stereocenters. The minimum atomic E-state index is -0.727. The van der Waals surface area contributed by atoms with E-state index in [1.165, 1.54) is 0 Å². The molecule has 0 N–H and O–H groups in total. The van der Waals surface area contributed by atoms with Crippen LogP contribution in [0.3, 0.4) is 0 Å². The van der Waals surface area contributed by atoms with Gasteiger partial charge in [0.25, 0.3) is 0 Å². The number of rotatable bonds is 7. The maximum atomic E-state index is 13.1. The minimum Gasteiger partial charge on any atom is -0.293 e. The van der Waals surface area contributed by atoms with Gasteiger partial charge in [0, 0.05) is 11.1 Å². The number of hydrogen-bond acceptors (Lipinski definition) is 2. The second-order valence-electron chi connectivity index (χ2n) is 6.56. The SMILES string of the molecule is Cc1ccc(C(=O)C(CC=Cc2ccccc2)C(=O)c2ccccc2)cc1. The molecule has 1 unspecified atom stereocenters. The Hall–Kier alpha value is -3.26. The molecule has 0 saturated heterocycles. The molecule has 0 heterocycles. The summed E-state index contributed by atoms with van der Waals surface area (Å²) in [4.78, 5) is 26.1. The Kier molecular flexibility index (Phi) is 6.11. The van der Waals surface area contributed by atoms with Gasteiger partial charge in [-0.05, 0) is 18.9 Å². The summed E-state index contributed by atoms with van der Waals surface area (Å²) in [5, 5.41) is 0. The van der Waals surface area contributed by atoms with Gasteiger partial charge < -0.3 is 0 Å². The number of hydrogen-bond donors (Lipinski definition) is 0. The molecule has 0 amide bonds. The third-order valence-electron chi connectivity index (χ3n) is 4.51. The lowest BCUT2D eigenvalue weighted by molar-refractivity contribution is 0.0809. The van der Waals surface area contributed by atoms with Crippen molar-refractivity contribution in [2.24, 2.45) is 5.92 Å². The first-order valence-corrected chi connectivity index (χ1v) is 9.07. The van der Waals surface area contributed by atoms with E-state index in [-0.39, 0.29) is 11.6 Å². The highest BCUT2D eigenvalue weighted by atomic mass is 16.1. The van der Waals surface area contributed by atoms with Crippen LogP contribution in [0.1, 0.15) is 38.3 Å². The van der Waals surface area contributed by atoms with Crippen LogP contribution in [0.2, 0.25) is 0 Å². The van der Waals surface area contributed by atoms with Crippen molar-refractivity contribution in [1.29, 1.82) is 0 Å². The molecule has 3 aromatic carbocycles. The Morgan fingerprint density at radius 2 is 1.26 bits per heavy atom. The van der Waals surface area contributed by atoms with E-state index >= 15 is 0 Å². The summed E-state index contributed by atoms with van der Waals surface area (Å²) in [7, 11) is 0. The maximum absolute atomic E-state index is 13.1. The van der Waals surface area contributed by atoms with Crippen LogP contribution in [-0.4, -0.2) is 11.6 Å². The minimum absolute atomic E-state index is 0.137. The molecule has 2 heteroatoms. The maximum Gasteiger partial charge on any atom is 0.174 e. The summed E-state index contributed by atoms with van der Waals surface area (Å²) >= 11 is 0. The number of ketones is 2. The van der Waals surface area contributed by atoms with Gasteiger partial charge in [0.2, 0.25) is 0 Å². The van der Waals surface area contributed by atoms with E-state index in [4.69, 9.17) is 0 Å². The Morgan fingerprint density at radius 3 is 1.85 bits per heavy atom. The van der Waals surface area contributed by atoms with Crippen LogP contribution in [0.5, 0.6) is 0 Å². The predicted octanol–water partition coefficient (Wildman–Crippen LogP) is 5.78. The highest BCUT2D eigenvalue weighted by molar-refractivity contribution is 6.16. The zero-order chi connectivity index (χ0) is 19.1. The van der Waals surface area contributed by atoms with Gasteiger partial charge in [-0.15, -0.1) is 0 Å². The molecule has 0 fully saturated rings. The van der Waals surface area contributed by atoms with Crippen molar-refractivity contribution in [3.8, 4) is 0 Å². The lowest BCUT2D eigenvalue weighted by Crippen LogP contribution is -2.24. The molecular weight excluding hydrogens is 332 g/mol. The lowest BCUT2D eigenvalue weighted by Gasteiger charge is -2.13. The van der Waals surface area contributed by atoms with E-state index in [1.807, 2.05) is 79.7 Å². The summed E-state index contributed by atoms with van der Waals surface area (Å²) in [5.74, 6) is -1.00. The smallest absolute Gasteiger partial charge is 0.174 e. The van der Waals surface area contributed by atoms with Crippen molar-refractivity contribution in [1.82, 2.24) is 0 Å². The Labute approximate surface area is 160 Å². The van der Waals surface area contributed by atoms with E-state index < -0.39 is 5.92 Å². The molecule has 0 aliphatic carbocycles. The van der Waals surface area contributed by atoms with Crippen molar-refractivity contribution in [2.75, 3.05) is 0 Å². The number of carbonyl (C=O) groups excluding carboxylic acids is 2. The van der Waals surface area contributed by atoms with Gasteiger partial charge in [0.05, 0.1) is 5.92 Å². The molecule has 0 spiro atoms. The normalized spacial score (nSPS) is 12.0. The second-order valence-corrected chi connectivity index (χ2v) is 6.56. The quantitative estimate of drug-likeness (QED) is 0.398. The number of benzene rings is 3. The summed E-state index contributed by atoms with van der Waals surface area (Å²) in [6.45, 7) is 1.98. The van der Waals surface area contributed by atoms with Crippen LogP contribution in [0, 0.1) is 12.8 Å². The van der Waals surface area contributed by atoms with Crippen LogP contribution in [0.25, 0.3) is 6.08 Å². The molecule has 0 aliphatic heterocycles. The van der Waals surface area contributed by atoms with Gasteiger partial charge in [-0.1, -0.05) is 103 Å². The Morgan fingerprint density at radius 1 is 0.741 bits per heavy atom. The summed E-state index contributed by atoms with van der Waals surface area (Å²) in [6.07, 6.45) is 4.23. The fourth-order valence-electron chi connectivity index (χ4n) is 2.96. The predicted molar refractivity (Wildman–Crippen MR) is 110 cm³/mol. The topological polar surface area (TPSA) is 34.1 Å². The van der Waals surface area contributed by atoms with Crippen LogP contribution in [0.4, 0.5) is 0 Å². The van der Waals surface area contributed by atoms with Gasteiger partial charge >= 0.3 is 0 Å². The van der Waals surface area contributed by atoms with Crippen molar-refractivity contribution < 1.29 is 9.59 Å². The van der Waals surface area contributed by atoms with Gasteiger partial charge in [-0.3, -0.25) is 9.59 Å². The first-order valence-electron chi connectivity index (χ1n) is 9.07. The zero-order valence-corrected chi connectivity index (χ0v) is 15.3. The van der Waals surface area contributed by atoms with E-state index in [2.05, 4.69) is 0 Å². The largest absolute Gasteiger partial charge is 0.293 e. The van der Waals surface area contributed by atoms with Crippen molar-refractivity contribution >= 4 is 17.6 Å². The van der Waals surface area contributed by atoms with E-state index in [0.717, 1.165) is 11.1 Å². The molecule has 0 saturated carbocycles. The summed E-state index contributed by atoms with van der Waals surface area (Å²) in [5.41, 5.74) is 3.27. The number of Topliss-reactive ketones (excluding diaryl/α,β-unsaturated/α-hetero) is 2. The highest BCUT2D eigenvalue weighted by Crippen LogP contribution is 2.20. The van der Waals surface area contributed by atoms with Crippen molar-refractivity contribution in [3.05, 3.63) is 113 Å². The van der Waals surface area contributed by atoms with Crippen molar-refractivity contribution in [3.63, 3.8) is 0 Å². The molecule has 0 aliphatic rings. The molecule has 134 valence electrons. The zero-order valence-electron chi connectivity index (χ0n) is 15.3. The first kappa shape index (κ1) is 18.5. The second kappa shape index (κ2) is 8.91. The average molecular weight is 354 g/mol. The number of allylic oxidation sites excluding steroid dienone is 1. The molecule has 2 nitrogen and oxygen atoms in total. The molecular formula is C25H22O2. The third-order valence-corrected chi connectivity index (χ3v) is 4.51. The van der Waals surface area contributed by atoms with Crippen LogP contribution in [0.15, 0.2) is 91.0 Å². The first-order chi connectivity index (χ1) is 13.1. The molecule has 0 bridgehead atoms. The molecule has 27 heavy (non-hydrogen) atoms. The van der Waals surface area contributed by atoms with Gasteiger partial charge in [-0.25, -0.2) is 0 Å². The average Bonchev–Trinajstić information content (AvgIpc) is 2.72. The molecule has 0 radical (unpaired) electrons. The van der Waals surface area contributed by atoms with E-state index in [1.54, 1.807) is 24.3 Å². The Balaban J connectivity index is 1.86. The number of carbonyl (C=O) groups is 2. The van der Waals surface area contributed by atoms with E-state index in [0.29, 0.717) is 17.5 Å². The number of aryl methyl sites for hydroxylation is 1. The fourth-order valence-corrected chi connectivity index (χ4v) is 2.96. The summed E-state index contributed by atoms with van der Waals surface area (Å²) in [6, 6.07) is 26.3. The van der Waals surface area contributed by atoms with Crippen LogP contribution in [-0.2, 0) is 0 Å². The van der Waals surface area contributed by atoms with Gasteiger partial charge in [0.15, 0.2) is 11.6 Å². The lowest BCUT2D eigenvalue weighted by atomic mass is 9.87.